The molecule has 2 aliphatic rings. The lowest BCUT2D eigenvalue weighted by atomic mass is 9.93. The molecule has 1 N–H and O–H groups in total. The van der Waals surface area contributed by atoms with Crippen molar-refractivity contribution < 1.29 is 0 Å². The Hall–Kier alpha value is -1.77. The van der Waals surface area contributed by atoms with Gasteiger partial charge in [0.1, 0.15) is 0 Å². The van der Waals surface area contributed by atoms with Crippen molar-refractivity contribution in [2.75, 3.05) is 18.0 Å². The Bertz CT molecular complexity index is 591. The first-order chi connectivity index (χ1) is 9.92. The molecule has 104 valence electrons. The number of hydrogen-bond acceptors (Lipinski definition) is 2. The molecule has 0 spiro atoms. The predicted octanol–water partition coefficient (Wildman–Crippen LogP) is 3.56. The number of aryl methyl sites for hydroxylation is 1. The first-order valence-corrected chi connectivity index (χ1v) is 7.83. The highest BCUT2D eigenvalue weighted by molar-refractivity contribution is 5.67. The predicted molar refractivity (Wildman–Crippen MR) is 82.1 cm³/mol. The molecule has 1 aromatic carbocycles. The Labute approximate surface area is 120 Å². The Balaban J connectivity index is 1.64. The molecule has 20 heavy (non-hydrogen) atoms. The molecule has 0 bridgehead atoms. The lowest BCUT2D eigenvalue weighted by Gasteiger charge is -2.17. The third kappa shape index (κ3) is 2.01. The molecule has 0 amide bonds. The average Bonchev–Trinajstić information content (AvgIpc) is 3.17. The van der Waals surface area contributed by atoms with Crippen molar-refractivity contribution in [1.29, 1.82) is 0 Å². The highest BCUT2D eigenvalue weighted by Crippen LogP contribution is 2.31. The van der Waals surface area contributed by atoms with Crippen molar-refractivity contribution in [3.05, 3.63) is 35.5 Å². The van der Waals surface area contributed by atoms with Crippen LogP contribution in [0.2, 0.25) is 0 Å². The smallest absolute Gasteiger partial charge is 0.0955 e. The van der Waals surface area contributed by atoms with Crippen LogP contribution in [-0.4, -0.2) is 23.3 Å². The number of fused-ring (bicyclic) bond motifs is 1. The average molecular weight is 267 g/mol. The molecule has 2 aromatic rings. The fraction of sp³-hybridized carbons (Fsp3) is 0.471. The van der Waals surface area contributed by atoms with Gasteiger partial charge in [-0.25, -0.2) is 0 Å². The maximum atomic E-state index is 4.56. The molecule has 0 unspecified atom stereocenters. The van der Waals surface area contributed by atoms with Crippen molar-refractivity contribution in [3.8, 4) is 11.3 Å². The van der Waals surface area contributed by atoms with Crippen LogP contribution in [0.3, 0.4) is 0 Å². The van der Waals surface area contributed by atoms with Crippen molar-refractivity contribution >= 4 is 5.69 Å². The van der Waals surface area contributed by atoms with E-state index in [1.54, 1.807) is 0 Å². The topological polar surface area (TPSA) is 31.9 Å². The van der Waals surface area contributed by atoms with E-state index >= 15 is 0 Å². The minimum absolute atomic E-state index is 1.16. The van der Waals surface area contributed by atoms with Gasteiger partial charge in [0.15, 0.2) is 0 Å². The summed E-state index contributed by atoms with van der Waals surface area (Å²) in [4.78, 5) is 2.48. The summed E-state index contributed by atoms with van der Waals surface area (Å²) in [6.07, 6.45) is 7.58. The molecule has 1 saturated heterocycles. The number of aromatic amines is 1. The molecule has 1 aliphatic carbocycles. The molecular formula is C17H21N3. The summed E-state index contributed by atoms with van der Waals surface area (Å²) in [5.41, 5.74) is 6.59. The van der Waals surface area contributed by atoms with Crippen LogP contribution in [0.1, 0.15) is 36.9 Å². The van der Waals surface area contributed by atoms with Gasteiger partial charge in [-0.15, -0.1) is 0 Å². The summed E-state index contributed by atoms with van der Waals surface area (Å²) in [6.45, 7) is 2.41. The van der Waals surface area contributed by atoms with E-state index in [9.17, 15) is 0 Å². The maximum Gasteiger partial charge on any atom is 0.0955 e. The van der Waals surface area contributed by atoms with Gasteiger partial charge >= 0.3 is 0 Å². The van der Waals surface area contributed by atoms with Gasteiger partial charge in [0.05, 0.1) is 5.69 Å². The Morgan fingerprint density at radius 1 is 0.900 bits per heavy atom. The van der Waals surface area contributed by atoms with Crippen LogP contribution in [0.5, 0.6) is 0 Å². The van der Waals surface area contributed by atoms with Gasteiger partial charge in [-0.05, 0) is 50.7 Å². The van der Waals surface area contributed by atoms with Gasteiger partial charge in [0, 0.05) is 35.6 Å². The maximum absolute atomic E-state index is 4.56. The molecule has 1 fully saturated rings. The third-order valence-corrected chi connectivity index (χ3v) is 4.67. The van der Waals surface area contributed by atoms with Gasteiger partial charge in [0.2, 0.25) is 0 Å². The van der Waals surface area contributed by atoms with Crippen molar-refractivity contribution in [2.24, 2.45) is 0 Å². The van der Waals surface area contributed by atoms with Gasteiger partial charge in [-0.3, -0.25) is 5.10 Å². The first kappa shape index (κ1) is 12.0. The van der Waals surface area contributed by atoms with E-state index < -0.39 is 0 Å². The number of aromatic nitrogens is 2. The van der Waals surface area contributed by atoms with Crippen LogP contribution < -0.4 is 4.90 Å². The molecular weight excluding hydrogens is 246 g/mol. The number of nitrogens with one attached hydrogen (secondary N) is 1. The zero-order valence-electron chi connectivity index (χ0n) is 11.9. The fourth-order valence-electron chi connectivity index (χ4n) is 3.53. The second-order valence-electron chi connectivity index (χ2n) is 5.98. The van der Waals surface area contributed by atoms with E-state index in [0.717, 1.165) is 6.42 Å². The largest absolute Gasteiger partial charge is 0.372 e. The van der Waals surface area contributed by atoms with Gasteiger partial charge in [-0.1, -0.05) is 12.1 Å². The monoisotopic (exact) mass is 267 g/mol. The summed E-state index contributed by atoms with van der Waals surface area (Å²) in [7, 11) is 0. The number of anilines is 1. The van der Waals surface area contributed by atoms with Crippen molar-refractivity contribution in [1.82, 2.24) is 10.2 Å². The molecule has 1 aromatic heterocycles. The summed E-state index contributed by atoms with van der Waals surface area (Å²) in [5.74, 6) is 0. The molecule has 1 aliphatic heterocycles. The van der Waals surface area contributed by atoms with Crippen LogP contribution >= 0.6 is 0 Å². The van der Waals surface area contributed by atoms with Crippen LogP contribution in [0.4, 0.5) is 5.69 Å². The van der Waals surface area contributed by atoms with Crippen LogP contribution in [-0.2, 0) is 12.8 Å². The van der Waals surface area contributed by atoms with E-state index in [1.807, 2.05) is 0 Å². The summed E-state index contributed by atoms with van der Waals surface area (Å²) < 4.78 is 0. The van der Waals surface area contributed by atoms with Crippen LogP contribution in [0.15, 0.2) is 24.3 Å². The molecule has 0 saturated carbocycles. The Kier molecular flexibility index (Phi) is 2.98. The molecule has 2 heterocycles. The first-order valence-electron chi connectivity index (χ1n) is 7.83. The zero-order valence-corrected chi connectivity index (χ0v) is 11.9. The lowest BCUT2D eigenvalue weighted by Crippen LogP contribution is -2.17. The van der Waals surface area contributed by atoms with E-state index in [-0.39, 0.29) is 0 Å². The Morgan fingerprint density at radius 2 is 1.65 bits per heavy atom. The summed E-state index contributed by atoms with van der Waals surface area (Å²) >= 11 is 0. The minimum Gasteiger partial charge on any atom is -0.372 e. The zero-order chi connectivity index (χ0) is 13.4. The molecule has 3 nitrogen and oxygen atoms in total. The van der Waals surface area contributed by atoms with E-state index in [0.29, 0.717) is 0 Å². The number of benzene rings is 1. The second-order valence-corrected chi connectivity index (χ2v) is 5.98. The number of rotatable bonds is 2. The summed E-state index contributed by atoms with van der Waals surface area (Å²) in [6, 6.07) is 8.98. The molecule has 0 radical (unpaired) electrons. The van der Waals surface area contributed by atoms with Gasteiger partial charge < -0.3 is 4.90 Å². The Morgan fingerprint density at radius 3 is 2.45 bits per heavy atom. The number of H-pyrrole nitrogens is 1. The summed E-state index contributed by atoms with van der Waals surface area (Å²) in [5, 5.41) is 7.79. The van der Waals surface area contributed by atoms with Crippen LogP contribution in [0.25, 0.3) is 11.3 Å². The van der Waals surface area contributed by atoms with Crippen LogP contribution in [0, 0.1) is 0 Å². The van der Waals surface area contributed by atoms with E-state index in [4.69, 9.17) is 0 Å². The van der Waals surface area contributed by atoms with E-state index in [1.165, 1.54) is 73.4 Å². The normalized spacial score (nSPS) is 18.3. The molecule has 4 rings (SSSR count). The molecule has 0 atom stereocenters. The van der Waals surface area contributed by atoms with E-state index in [2.05, 4.69) is 39.4 Å². The minimum atomic E-state index is 1.16. The quantitative estimate of drug-likeness (QED) is 0.902. The SMILES string of the molecule is c1cc(N2CCCC2)ccc1-c1n[nH]c2c1CCCC2. The van der Waals surface area contributed by atoms with Gasteiger partial charge in [-0.2, -0.15) is 5.10 Å². The fourth-order valence-corrected chi connectivity index (χ4v) is 3.53. The number of hydrogen-bond donors (Lipinski definition) is 1. The highest BCUT2D eigenvalue weighted by Gasteiger charge is 2.18. The second kappa shape index (κ2) is 4.97. The standard InChI is InChI=1S/C17H21N3/c1-2-6-16-15(5-1)17(19-18-16)13-7-9-14(10-8-13)20-11-3-4-12-20/h7-10H,1-6,11-12H2,(H,18,19). The third-order valence-electron chi connectivity index (χ3n) is 4.67. The van der Waals surface area contributed by atoms with Gasteiger partial charge in [0.25, 0.3) is 0 Å². The lowest BCUT2D eigenvalue weighted by molar-refractivity contribution is 0.675. The van der Waals surface area contributed by atoms with Crippen molar-refractivity contribution in [2.45, 2.75) is 38.5 Å². The highest BCUT2D eigenvalue weighted by atomic mass is 15.1. The molecule has 3 heteroatoms. The van der Waals surface area contributed by atoms with Crippen molar-refractivity contribution in [3.63, 3.8) is 0 Å². The number of nitrogens with zero attached hydrogens (tertiary/aromatic N) is 2.